The highest BCUT2D eigenvalue weighted by Crippen LogP contribution is 2.52. The van der Waals surface area contributed by atoms with Gasteiger partial charge in [0.1, 0.15) is 0 Å². The van der Waals surface area contributed by atoms with Gasteiger partial charge in [0.05, 0.1) is 5.75 Å². The topological polar surface area (TPSA) is 9.23 Å². The van der Waals surface area contributed by atoms with Crippen molar-refractivity contribution in [3.8, 4) is 5.75 Å². The minimum absolute atomic E-state index is 0.368. The molecular formula is C14H21BO. The lowest BCUT2D eigenvalue weighted by Crippen LogP contribution is -2.24. The monoisotopic (exact) mass is 216 g/mol. The molecule has 16 heavy (non-hydrogen) atoms. The minimum Gasteiger partial charge on any atom is -0.561 e. The van der Waals surface area contributed by atoms with Gasteiger partial charge in [-0.3, -0.25) is 0 Å². The van der Waals surface area contributed by atoms with Crippen LogP contribution >= 0.6 is 0 Å². The van der Waals surface area contributed by atoms with Crippen LogP contribution in [0.25, 0.3) is 0 Å². The van der Waals surface area contributed by atoms with Gasteiger partial charge in [-0.1, -0.05) is 45.9 Å². The Hall–Kier alpha value is -0.915. The fourth-order valence-electron chi connectivity index (χ4n) is 2.54. The smallest absolute Gasteiger partial charge is 0.358 e. The molecule has 1 saturated heterocycles. The van der Waals surface area contributed by atoms with Crippen molar-refractivity contribution < 1.29 is 4.65 Å². The van der Waals surface area contributed by atoms with Gasteiger partial charge in [0.25, 0.3) is 0 Å². The van der Waals surface area contributed by atoms with Crippen molar-refractivity contribution in [1.82, 2.24) is 0 Å². The van der Waals surface area contributed by atoms with E-state index in [1.54, 1.807) is 0 Å². The molecule has 0 unspecified atom stereocenters. The predicted molar refractivity (Wildman–Crippen MR) is 70.0 cm³/mol. The summed E-state index contributed by atoms with van der Waals surface area (Å²) in [5, 5.41) is 0. The maximum Gasteiger partial charge on any atom is 0.358 e. The van der Waals surface area contributed by atoms with Crippen molar-refractivity contribution in [3.63, 3.8) is 0 Å². The molecule has 0 N–H and O–H groups in total. The van der Waals surface area contributed by atoms with Crippen LogP contribution in [-0.4, -0.2) is 6.92 Å². The molecule has 1 aromatic carbocycles. The van der Waals surface area contributed by atoms with Crippen LogP contribution in [-0.2, 0) is 0 Å². The Kier molecular flexibility index (Phi) is 2.77. The molecule has 0 atom stereocenters. The molecule has 2 heteroatoms. The molecule has 0 amide bonds. The van der Waals surface area contributed by atoms with E-state index in [4.69, 9.17) is 4.65 Å². The molecule has 2 rings (SSSR count). The SMILES string of the molecule is CC1(C)CB(Oc2ccccc2)CC1(C)C. The van der Waals surface area contributed by atoms with E-state index in [1.165, 1.54) is 0 Å². The fourth-order valence-corrected chi connectivity index (χ4v) is 2.54. The van der Waals surface area contributed by atoms with Gasteiger partial charge in [-0.05, 0) is 35.6 Å². The molecular weight excluding hydrogens is 195 g/mol. The fraction of sp³-hybridized carbons (Fsp3) is 0.571. The number of rotatable bonds is 2. The molecule has 1 aliphatic rings. The van der Waals surface area contributed by atoms with Crippen LogP contribution in [0.3, 0.4) is 0 Å². The number of benzene rings is 1. The van der Waals surface area contributed by atoms with Crippen molar-refractivity contribution >= 4 is 6.92 Å². The molecule has 0 saturated carbocycles. The number of hydrogen-bond acceptors (Lipinski definition) is 1. The van der Waals surface area contributed by atoms with Crippen LogP contribution in [0.1, 0.15) is 27.7 Å². The van der Waals surface area contributed by atoms with Crippen molar-refractivity contribution in [1.29, 1.82) is 0 Å². The third-order valence-electron chi connectivity index (χ3n) is 4.35. The second-order valence-electron chi connectivity index (χ2n) is 6.23. The maximum atomic E-state index is 6.05. The van der Waals surface area contributed by atoms with Gasteiger partial charge in [-0.2, -0.15) is 0 Å². The first kappa shape index (κ1) is 11.6. The summed E-state index contributed by atoms with van der Waals surface area (Å²) in [5.74, 6) is 1.00. The molecule has 0 radical (unpaired) electrons. The van der Waals surface area contributed by atoms with E-state index < -0.39 is 0 Å². The van der Waals surface area contributed by atoms with E-state index in [0.29, 0.717) is 17.7 Å². The molecule has 1 heterocycles. The summed E-state index contributed by atoms with van der Waals surface area (Å²) in [6, 6.07) is 10.2. The summed E-state index contributed by atoms with van der Waals surface area (Å²) in [4.78, 5) is 0. The Morgan fingerprint density at radius 1 is 0.938 bits per heavy atom. The highest BCUT2D eigenvalue weighted by atomic mass is 16.4. The van der Waals surface area contributed by atoms with Crippen molar-refractivity contribution in [2.24, 2.45) is 10.8 Å². The van der Waals surface area contributed by atoms with Gasteiger partial charge in [0.2, 0.25) is 0 Å². The quantitative estimate of drug-likeness (QED) is 0.675. The number of para-hydroxylation sites is 1. The summed E-state index contributed by atoms with van der Waals surface area (Å²) in [7, 11) is 0. The standard InChI is InChI=1S/C14H21BO/c1-13(2)10-15(11-14(13,3)4)16-12-8-6-5-7-9-12/h5-9H,10-11H2,1-4H3. The minimum atomic E-state index is 0.368. The normalized spacial score (nSPS) is 22.1. The second kappa shape index (κ2) is 3.83. The van der Waals surface area contributed by atoms with Crippen LogP contribution in [0.15, 0.2) is 30.3 Å². The van der Waals surface area contributed by atoms with Crippen LogP contribution in [0.5, 0.6) is 5.75 Å². The van der Waals surface area contributed by atoms with Gasteiger partial charge in [-0.15, -0.1) is 0 Å². The highest BCUT2D eigenvalue weighted by molar-refractivity contribution is 6.54. The predicted octanol–water partition coefficient (Wildman–Crippen LogP) is 4.12. The molecule has 0 aliphatic carbocycles. The van der Waals surface area contributed by atoms with E-state index in [0.717, 1.165) is 18.4 Å². The summed E-state index contributed by atoms with van der Waals surface area (Å²) >= 11 is 0. The largest absolute Gasteiger partial charge is 0.561 e. The van der Waals surface area contributed by atoms with Crippen LogP contribution in [0.2, 0.25) is 12.6 Å². The Balaban J connectivity index is 2.05. The molecule has 1 aromatic rings. The molecule has 1 fully saturated rings. The van der Waals surface area contributed by atoms with Crippen molar-refractivity contribution in [2.45, 2.75) is 40.3 Å². The first-order chi connectivity index (χ1) is 7.41. The summed E-state index contributed by atoms with van der Waals surface area (Å²) in [6.45, 7) is 9.76. The zero-order valence-electron chi connectivity index (χ0n) is 10.8. The first-order valence-electron chi connectivity index (χ1n) is 6.12. The van der Waals surface area contributed by atoms with E-state index in [-0.39, 0.29) is 0 Å². The van der Waals surface area contributed by atoms with Gasteiger partial charge < -0.3 is 4.65 Å². The summed E-state index contributed by atoms with van der Waals surface area (Å²) in [6.07, 6.45) is 2.30. The van der Waals surface area contributed by atoms with E-state index in [9.17, 15) is 0 Å². The van der Waals surface area contributed by atoms with Gasteiger partial charge in [0.15, 0.2) is 0 Å². The van der Waals surface area contributed by atoms with E-state index >= 15 is 0 Å². The maximum absolute atomic E-state index is 6.05. The van der Waals surface area contributed by atoms with Gasteiger partial charge in [0, 0.05) is 0 Å². The molecule has 0 spiro atoms. The Morgan fingerprint density at radius 3 is 1.94 bits per heavy atom. The van der Waals surface area contributed by atoms with E-state index in [2.05, 4.69) is 27.7 Å². The van der Waals surface area contributed by atoms with Crippen LogP contribution in [0, 0.1) is 10.8 Å². The first-order valence-corrected chi connectivity index (χ1v) is 6.12. The molecule has 0 aromatic heterocycles. The average molecular weight is 216 g/mol. The Morgan fingerprint density at radius 2 is 1.44 bits per heavy atom. The van der Waals surface area contributed by atoms with Gasteiger partial charge in [-0.25, -0.2) is 0 Å². The molecule has 86 valence electrons. The zero-order chi connectivity index (χ0) is 11.8. The Bertz CT molecular complexity index is 340. The average Bonchev–Trinajstić information content (AvgIpc) is 2.36. The number of hydrogen-bond donors (Lipinski definition) is 0. The molecule has 0 bridgehead atoms. The lowest BCUT2D eigenvalue weighted by Gasteiger charge is -2.34. The molecule has 1 aliphatic heterocycles. The summed E-state index contributed by atoms with van der Waals surface area (Å²) < 4.78 is 6.05. The second-order valence-corrected chi connectivity index (χ2v) is 6.23. The van der Waals surface area contributed by atoms with Crippen LogP contribution < -0.4 is 4.65 Å². The third-order valence-corrected chi connectivity index (χ3v) is 4.35. The molecule has 1 nitrogen and oxygen atoms in total. The lowest BCUT2D eigenvalue weighted by atomic mass is 9.63. The zero-order valence-corrected chi connectivity index (χ0v) is 10.8. The van der Waals surface area contributed by atoms with Crippen LogP contribution in [0.4, 0.5) is 0 Å². The third kappa shape index (κ3) is 2.11. The Labute approximate surface area is 99.3 Å². The van der Waals surface area contributed by atoms with Crippen molar-refractivity contribution in [2.75, 3.05) is 0 Å². The van der Waals surface area contributed by atoms with Crippen molar-refractivity contribution in [3.05, 3.63) is 30.3 Å². The van der Waals surface area contributed by atoms with Gasteiger partial charge >= 0.3 is 6.92 Å². The highest BCUT2D eigenvalue weighted by Gasteiger charge is 2.49. The summed E-state index contributed by atoms with van der Waals surface area (Å²) in [5.41, 5.74) is 0.735. The van der Waals surface area contributed by atoms with E-state index in [1.807, 2.05) is 30.3 Å². The lowest BCUT2D eigenvalue weighted by molar-refractivity contribution is 0.177.